The first-order chi connectivity index (χ1) is 15.5. The Morgan fingerprint density at radius 3 is 2.44 bits per heavy atom. The number of alkyl halides is 2. The third-order valence-corrected chi connectivity index (χ3v) is 4.80. The highest BCUT2D eigenvalue weighted by atomic mass is 19.3. The maximum atomic E-state index is 13.0. The number of benzene rings is 2. The van der Waals surface area contributed by atoms with Gasteiger partial charge < -0.3 is 20.1 Å². The number of hydrogen-bond donors (Lipinski definition) is 2. The van der Waals surface area contributed by atoms with E-state index in [0.717, 1.165) is 0 Å². The maximum Gasteiger partial charge on any atom is 0.281 e. The number of methoxy groups -OCH3 is 2. The molecule has 0 atom stereocenters. The molecule has 0 aliphatic heterocycles. The van der Waals surface area contributed by atoms with E-state index in [1.54, 1.807) is 65.1 Å². The van der Waals surface area contributed by atoms with Gasteiger partial charge in [0.1, 0.15) is 28.7 Å². The highest BCUT2D eigenvalue weighted by molar-refractivity contribution is 6.06. The number of carbonyl (C=O) groups is 1. The van der Waals surface area contributed by atoms with Gasteiger partial charge >= 0.3 is 0 Å². The maximum absolute atomic E-state index is 13.0. The summed E-state index contributed by atoms with van der Waals surface area (Å²) in [5.74, 6) is 1.24. The molecule has 32 heavy (non-hydrogen) atoms. The summed E-state index contributed by atoms with van der Waals surface area (Å²) in [5.41, 5.74) is 1.80. The Morgan fingerprint density at radius 1 is 1.00 bits per heavy atom. The largest absolute Gasteiger partial charge is 0.497 e. The highest BCUT2D eigenvalue weighted by Gasteiger charge is 2.15. The van der Waals surface area contributed by atoms with Crippen LogP contribution in [-0.2, 0) is 0 Å². The van der Waals surface area contributed by atoms with Gasteiger partial charge in [0.25, 0.3) is 12.3 Å². The van der Waals surface area contributed by atoms with E-state index in [4.69, 9.17) is 9.47 Å². The van der Waals surface area contributed by atoms with Crippen LogP contribution >= 0.6 is 0 Å². The Labute approximate surface area is 182 Å². The van der Waals surface area contributed by atoms with Crippen LogP contribution in [0.15, 0.2) is 66.9 Å². The van der Waals surface area contributed by atoms with Crippen LogP contribution in [0.5, 0.6) is 11.5 Å². The number of nitrogens with zero attached hydrogens (tertiary/aromatic N) is 2. The van der Waals surface area contributed by atoms with Crippen LogP contribution in [0.4, 0.5) is 26.0 Å². The van der Waals surface area contributed by atoms with Crippen molar-refractivity contribution in [3.63, 3.8) is 0 Å². The van der Waals surface area contributed by atoms with Crippen molar-refractivity contribution in [3.05, 3.63) is 78.1 Å². The van der Waals surface area contributed by atoms with E-state index < -0.39 is 6.43 Å². The van der Waals surface area contributed by atoms with E-state index in [1.165, 1.54) is 20.4 Å². The summed E-state index contributed by atoms with van der Waals surface area (Å²) in [6.45, 7) is 0. The van der Waals surface area contributed by atoms with Crippen molar-refractivity contribution in [2.75, 3.05) is 24.9 Å². The number of hydrogen-bond acceptors (Lipinski definition) is 5. The van der Waals surface area contributed by atoms with Crippen molar-refractivity contribution in [1.29, 1.82) is 0 Å². The molecule has 4 aromatic rings. The van der Waals surface area contributed by atoms with E-state index in [0.29, 0.717) is 39.9 Å². The fourth-order valence-corrected chi connectivity index (χ4v) is 3.21. The Kier molecular flexibility index (Phi) is 5.89. The van der Waals surface area contributed by atoms with Crippen molar-refractivity contribution in [2.24, 2.45) is 0 Å². The van der Waals surface area contributed by atoms with Gasteiger partial charge in [-0.15, -0.1) is 0 Å². The number of nitrogens with one attached hydrogen (secondary N) is 2. The number of imidazole rings is 1. The SMILES string of the molecule is COc1ccc(C(=O)Nc2ccc(Nc3cccc4nc(C(F)F)cn34)cc2)c(OC)c1. The van der Waals surface area contributed by atoms with Crippen molar-refractivity contribution in [1.82, 2.24) is 9.38 Å². The molecule has 7 nitrogen and oxygen atoms in total. The van der Waals surface area contributed by atoms with Crippen molar-refractivity contribution in [3.8, 4) is 11.5 Å². The highest BCUT2D eigenvalue weighted by Crippen LogP contribution is 2.27. The molecule has 9 heteroatoms. The van der Waals surface area contributed by atoms with Gasteiger partial charge in [0.15, 0.2) is 0 Å². The van der Waals surface area contributed by atoms with Crippen molar-refractivity contribution in [2.45, 2.75) is 6.43 Å². The molecule has 0 spiro atoms. The number of anilines is 3. The second kappa shape index (κ2) is 8.93. The number of aromatic nitrogens is 2. The Bertz CT molecular complexity index is 1260. The van der Waals surface area contributed by atoms with E-state index in [2.05, 4.69) is 15.6 Å². The smallest absolute Gasteiger partial charge is 0.281 e. The Hall–Kier alpha value is -4.14. The molecule has 0 saturated carbocycles. The minimum absolute atomic E-state index is 0.286. The molecule has 0 saturated heterocycles. The summed E-state index contributed by atoms with van der Waals surface area (Å²) in [5, 5.41) is 5.99. The molecule has 0 unspecified atom stereocenters. The molecule has 164 valence electrons. The second-order valence-electron chi connectivity index (χ2n) is 6.83. The lowest BCUT2D eigenvalue weighted by atomic mass is 10.1. The van der Waals surface area contributed by atoms with Crippen LogP contribution in [0.3, 0.4) is 0 Å². The molecule has 2 N–H and O–H groups in total. The lowest BCUT2D eigenvalue weighted by Crippen LogP contribution is -2.13. The predicted octanol–water partition coefficient (Wildman–Crippen LogP) is 5.29. The van der Waals surface area contributed by atoms with Gasteiger partial charge in [0, 0.05) is 23.6 Å². The Balaban J connectivity index is 1.49. The quantitative estimate of drug-likeness (QED) is 0.410. The molecule has 1 amide bonds. The van der Waals surface area contributed by atoms with E-state index in [1.807, 2.05) is 0 Å². The van der Waals surface area contributed by atoms with Gasteiger partial charge in [0.05, 0.1) is 19.8 Å². The lowest BCUT2D eigenvalue weighted by Gasteiger charge is -2.12. The molecule has 0 aliphatic carbocycles. The first-order valence-electron chi connectivity index (χ1n) is 9.65. The third kappa shape index (κ3) is 4.31. The Morgan fingerprint density at radius 2 is 1.75 bits per heavy atom. The summed E-state index contributed by atoms with van der Waals surface area (Å²) >= 11 is 0. The average Bonchev–Trinajstić information content (AvgIpc) is 3.26. The molecule has 2 aromatic heterocycles. The van der Waals surface area contributed by atoms with Crippen LogP contribution in [0.2, 0.25) is 0 Å². The van der Waals surface area contributed by atoms with Gasteiger partial charge in [-0.1, -0.05) is 6.07 Å². The zero-order valence-corrected chi connectivity index (χ0v) is 17.3. The summed E-state index contributed by atoms with van der Waals surface area (Å²) in [7, 11) is 3.02. The summed E-state index contributed by atoms with van der Waals surface area (Å²) in [6, 6.07) is 17.1. The van der Waals surface area contributed by atoms with Gasteiger partial charge in [-0.3, -0.25) is 9.20 Å². The van der Waals surface area contributed by atoms with Crippen LogP contribution in [0, 0.1) is 0 Å². The molecule has 2 aromatic carbocycles. The number of halogens is 2. The summed E-state index contributed by atoms with van der Waals surface area (Å²) in [4.78, 5) is 16.6. The molecule has 4 rings (SSSR count). The molecule has 0 aliphatic rings. The number of amides is 1. The number of pyridine rings is 1. The molecule has 0 radical (unpaired) electrons. The number of ether oxygens (including phenoxy) is 2. The lowest BCUT2D eigenvalue weighted by molar-refractivity contribution is 0.102. The van der Waals surface area contributed by atoms with Gasteiger partial charge in [0.2, 0.25) is 0 Å². The van der Waals surface area contributed by atoms with Gasteiger partial charge in [-0.25, -0.2) is 13.8 Å². The molecule has 0 fully saturated rings. The van der Waals surface area contributed by atoms with Crippen molar-refractivity contribution < 1.29 is 23.0 Å². The predicted molar refractivity (Wildman–Crippen MR) is 117 cm³/mol. The standard InChI is InChI=1S/C23H20F2N4O3/c1-31-16-10-11-17(19(12-16)32-2)23(30)27-15-8-6-14(7-9-15)26-20-4-3-5-21-28-18(22(24)25)13-29(20)21/h3-13,22,26H,1-2H3,(H,27,30). The molecule has 0 bridgehead atoms. The van der Waals surface area contributed by atoms with E-state index in [-0.39, 0.29) is 11.6 Å². The number of rotatable bonds is 7. The molecule has 2 heterocycles. The van der Waals surface area contributed by atoms with Crippen LogP contribution in [0.25, 0.3) is 5.65 Å². The van der Waals surface area contributed by atoms with E-state index >= 15 is 0 Å². The van der Waals surface area contributed by atoms with Gasteiger partial charge in [-0.05, 0) is 48.5 Å². The summed E-state index contributed by atoms with van der Waals surface area (Å²) < 4.78 is 37.9. The fourth-order valence-electron chi connectivity index (χ4n) is 3.21. The zero-order valence-electron chi connectivity index (χ0n) is 17.3. The topological polar surface area (TPSA) is 76.9 Å². The van der Waals surface area contributed by atoms with Crippen molar-refractivity contribution >= 4 is 28.7 Å². The van der Waals surface area contributed by atoms with Crippen LogP contribution < -0.4 is 20.1 Å². The van der Waals surface area contributed by atoms with Crippen LogP contribution in [-0.4, -0.2) is 29.5 Å². The second-order valence-corrected chi connectivity index (χ2v) is 6.83. The first kappa shape index (κ1) is 21.1. The van der Waals surface area contributed by atoms with Crippen LogP contribution in [0.1, 0.15) is 22.5 Å². The zero-order chi connectivity index (χ0) is 22.7. The average molecular weight is 438 g/mol. The molecular formula is C23H20F2N4O3. The monoisotopic (exact) mass is 438 g/mol. The third-order valence-electron chi connectivity index (χ3n) is 4.80. The number of carbonyl (C=O) groups excluding carboxylic acids is 1. The first-order valence-corrected chi connectivity index (χ1v) is 9.65. The summed E-state index contributed by atoms with van der Waals surface area (Å²) in [6.07, 6.45) is -1.34. The van der Waals surface area contributed by atoms with Gasteiger partial charge in [-0.2, -0.15) is 0 Å². The minimum atomic E-state index is -2.64. The molecular weight excluding hydrogens is 418 g/mol. The minimum Gasteiger partial charge on any atom is -0.497 e. The normalized spacial score (nSPS) is 10.9. The van der Waals surface area contributed by atoms with E-state index in [9.17, 15) is 13.6 Å². The fraction of sp³-hybridized carbons (Fsp3) is 0.130. The number of fused-ring (bicyclic) bond motifs is 1.